The van der Waals surface area contributed by atoms with Crippen LogP contribution in [-0.4, -0.2) is 72.3 Å². The smallest absolute Gasteiger partial charge is 0.0397 e. The first-order valence-corrected chi connectivity index (χ1v) is 13.5. The van der Waals surface area contributed by atoms with Crippen molar-refractivity contribution in [2.24, 2.45) is 0 Å². The van der Waals surface area contributed by atoms with Crippen LogP contribution in [0.1, 0.15) is 12.8 Å². The summed E-state index contributed by atoms with van der Waals surface area (Å²) < 4.78 is 0. The van der Waals surface area contributed by atoms with Crippen molar-refractivity contribution < 1.29 is 0 Å². The van der Waals surface area contributed by atoms with E-state index >= 15 is 0 Å². The summed E-state index contributed by atoms with van der Waals surface area (Å²) in [6.45, 7) is 7.66. The Bertz CT molecular complexity index is 1000. The first-order chi connectivity index (χ1) is 18.9. The van der Waals surface area contributed by atoms with Gasteiger partial charge in [-0.3, -0.25) is 19.9 Å². The second kappa shape index (κ2) is 13.4. The summed E-state index contributed by atoms with van der Waals surface area (Å²) >= 11 is 0. The van der Waals surface area contributed by atoms with Crippen molar-refractivity contribution in [2.75, 3.05) is 72.0 Å². The molecule has 0 saturated carbocycles. The molecule has 0 aliphatic carbocycles. The zero-order chi connectivity index (χ0) is 25.8. The van der Waals surface area contributed by atoms with Crippen molar-refractivity contribution in [3.05, 3.63) is 98.1 Å². The van der Waals surface area contributed by atoms with Gasteiger partial charge in [-0.25, -0.2) is 0 Å². The number of hydrogen-bond donors (Lipinski definition) is 0. The van der Waals surface area contributed by atoms with Crippen molar-refractivity contribution in [3.63, 3.8) is 0 Å². The lowest BCUT2D eigenvalue weighted by Gasteiger charge is -2.34. The number of nitrogens with zero attached hydrogens (tertiary/aromatic N) is 8. The molecule has 8 heteroatoms. The highest BCUT2D eigenvalue weighted by Crippen LogP contribution is 2.20. The molecule has 8 nitrogen and oxygen atoms in total. The van der Waals surface area contributed by atoms with Crippen molar-refractivity contribution in [2.45, 2.75) is 12.8 Å². The van der Waals surface area contributed by atoms with Gasteiger partial charge in [-0.05, 0) is 61.4 Å². The van der Waals surface area contributed by atoms with E-state index in [-0.39, 0.29) is 0 Å². The minimum atomic E-state index is 0.940. The van der Waals surface area contributed by atoms with Gasteiger partial charge >= 0.3 is 0 Å². The lowest BCUT2D eigenvalue weighted by atomic mass is 10.2. The van der Waals surface area contributed by atoms with Gasteiger partial charge in [-0.15, -0.1) is 0 Å². The van der Waals surface area contributed by atoms with Gasteiger partial charge in [-0.1, -0.05) is 0 Å². The highest BCUT2D eigenvalue weighted by atomic mass is 15.2. The van der Waals surface area contributed by atoms with Gasteiger partial charge in [0.15, 0.2) is 0 Å². The molecule has 0 atom stereocenters. The third kappa shape index (κ3) is 6.97. The Morgan fingerprint density at radius 2 is 0.526 bits per heavy atom. The van der Waals surface area contributed by atoms with Gasteiger partial charge < -0.3 is 19.6 Å². The molecule has 1 fully saturated rings. The number of hydrogen-bond acceptors (Lipinski definition) is 8. The van der Waals surface area contributed by atoms with E-state index < -0.39 is 0 Å². The highest BCUT2D eigenvalue weighted by molar-refractivity contribution is 5.50. The van der Waals surface area contributed by atoms with Gasteiger partial charge in [0.05, 0.1) is 0 Å². The molecule has 5 rings (SSSR count). The van der Waals surface area contributed by atoms with Crippen LogP contribution in [0, 0.1) is 0 Å². The van der Waals surface area contributed by atoms with Gasteiger partial charge in [0.2, 0.25) is 0 Å². The average Bonchev–Trinajstić information content (AvgIpc) is 2.99. The van der Waals surface area contributed by atoms with Crippen LogP contribution in [0.25, 0.3) is 0 Å². The normalized spacial score (nSPS) is 16.2. The van der Waals surface area contributed by atoms with E-state index in [0.29, 0.717) is 0 Å². The standard InChI is InChI=1S/C30H36N8/c1-19-35(27-3-11-31-12-4-27)23-25-37(29-7-15-33-16-8-29)21-2-22-38(30-9-17-34-18-10-30)26-24-36(20-1)28-5-13-32-14-6-28/h3-18H,1-2,19-26H2. The predicted octanol–water partition coefficient (Wildman–Crippen LogP) is 4.39. The first-order valence-electron chi connectivity index (χ1n) is 13.5. The average molecular weight is 509 g/mol. The third-order valence-corrected chi connectivity index (χ3v) is 7.10. The molecule has 0 spiro atoms. The van der Waals surface area contributed by atoms with E-state index in [1.807, 2.05) is 49.6 Å². The van der Waals surface area contributed by atoms with Crippen LogP contribution in [-0.2, 0) is 0 Å². The van der Waals surface area contributed by atoms with E-state index in [1.165, 1.54) is 22.7 Å². The first kappa shape index (κ1) is 25.4. The van der Waals surface area contributed by atoms with Crippen LogP contribution in [0.15, 0.2) is 98.1 Å². The molecule has 4 aromatic rings. The van der Waals surface area contributed by atoms with Crippen LogP contribution in [0.2, 0.25) is 0 Å². The highest BCUT2D eigenvalue weighted by Gasteiger charge is 2.16. The van der Waals surface area contributed by atoms with E-state index in [1.54, 1.807) is 0 Å². The summed E-state index contributed by atoms with van der Waals surface area (Å²) in [5, 5.41) is 0. The lowest BCUT2D eigenvalue weighted by molar-refractivity contribution is 0.632. The van der Waals surface area contributed by atoms with Crippen LogP contribution >= 0.6 is 0 Å². The molecule has 0 unspecified atom stereocenters. The summed E-state index contributed by atoms with van der Waals surface area (Å²) in [7, 11) is 0. The minimum absolute atomic E-state index is 0.940. The predicted molar refractivity (Wildman–Crippen MR) is 155 cm³/mol. The lowest BCUT2D eigenvalue weighted by Crippen LogP contribution is -2.41. The van der Waals surface area contributed by atoms with E-state index in [2.05, 4.69) is 88.1 Å². The molecular formula is C30H36N8. The van der Waals surface area contributed by atoms with E-state index in [9.17, 15) is 0 Å². The molecule has 4 aromatic heterocycles. The Labute approximate surface area is 225 Å². The summed E-state index contributed by atoms with van der Waals surface area (Å²) in [5.41, 5.74) is 4.89. The number of aromatic nitrogens is 4. The van der Waals surface area contributed by atoms with Crippen LogP contribution < -0.4 is 19.6 Å². The Morgan fingerprint density at radius 3 is 0.737 bits per heavy atom. The molecule has 5 heterocycles. The molecule has 0 bridgehead atoms. The van der Waals surface area contributed by atoms with Crippen LogP contribution in [0.4, 0.5) is 22.7 Å². The molecular weight excluding hydrogens is 472 g/mol. The van der Waals surface area contributed by atoms with E-state index in [4.69, 9.17) is 0 Å². The van der Waals surface area contributed by atoms with Crippen molar-refractivity contribution in [1.82, 2.24) is 19.9 Å². The quantitative estimate of drug-likeness (QED) is 0.402. The molecule has 38 heavy (non-hydrogen) atoms. The topological polar surface area (TPSA) is 64.5 Å². The molecule has 1 saturated heterocycles. The summed E-state index contributed by atoms with van der Waals surface area (Å²) in [5.74, 6) is 0. The largest absolute Gasteiger partial charge is 0.370 e. The summed E-state index contributed by atoms with van der Waals surface area (Å²) in [6.07, 6.45) is 17.2. The van der Waals surface area contributed by atoms with Crippen LogP contribution in [0.5, 0.6) is 0 Å². The summed E-state index contributed by atoms with van der Waals surface area (Å²) in [6, 6.07) is 16.9. The molecule has 1 aliphatic rings. The summed E-state index contributed by atoms with van der Waals surface area (Å²) in [4.78, 5) is 27.0. The van der Waals surface area contributed by atoms with Crippen LogP contribution in [0.3, 0.4) is 0 Å². The molecule has 0 radical (unpaired) electrons. The maximum absolute atomic E-state index is 4.25. The fourth-order valence-corrected chi connectivity index (χ4v) is 5.09. The van der Waals surface area contributed by atoms with Gasteiger partial charge in [0, 0.05) is 125 Å². The molecule has 0 amide bonds. The second-order valence-corrected chi connectivity index (χ2v) is 9.48. The fourth-order valence-electron chi connectivity index (χ4n) is 5.09. The second-order valence-electron chi connectivity index (χ2n) is 9.48. The molecule has 0 aromatic carbocycles. The van der Waals surface area contributed by atoms with E-state index in [0.717, 1.165) is 65.2 Å². The van der Waals surface area contributed by atoms with Crippen molar-refractivity contribution in [1.29, 1.82) is 0 Å². The SMILES string of the molecule is c1cc(N2CCCN(c3ccncc3)CCN(c3ccncc3)CCCN(c3ccncc3)CC2)ccn1. The Hall–Kier alpha value is -4.20. The minimum Gasteiger partial charge on any atom is -0.370 e. The number of pyridine rings is 4. The Kier molecular flexibility index (Phi) is 8.96. The molecule has 1 aliphatic heterocycles. The maximum Gasteiger partial charge on any atom is 0.0397 e. The van der Waals surface area contributed by atoms with Gasteiger partial charge in [-0.2, -0.15) is 0 Å². The monoisotopic (exact) mass is 508 g/mol. The molecule has 0 N–H and O–H groups in total. The van der Waals surface area contributed by atoms with Gasteiger partial charge in [0.1, 0.15) is 0 Å². The third-order valence-electron chi connectivity index (χ3n) is 7.10. The zero-order valence-electron chi connectivity index (χ0n) is 21.9. The van der Waals surface area contributed by atoms with Gasteiger partial charge in [0.25, 0.3) is 0 Å². The Morgan fingerprint density at radius 1 is 0.316 bits per heavy atom. The maximum atomic E-state index is 4.25. The fraction of sp³-hybridized carbons (Fsp3) is 0.333. The Balaban J connectivity index is 1.39. The zero-order valence-corrected chi connectivity index (χ0v) is 21.9. The molecule has 196 valence electrons. The van der Waals surface area contributed by atoms with Crippen molar-refractivity contribution in [3.8, 4) is 0 Å². The number of anilines is 4. The number of rotatable bonds is 4. The van der Waals surface area contributed by atoms with Crippen molar-refractivity contribution >= 4 is 22.7 Å².